The number of likely N-dealkylation sites (tertiary alicyclic amines) is 1. The van der Waals surface area contributed by atoms with Crippen molar-refractivity contribution in [3.8, 4) is 0 Å². The van der Waals surface area contributed by atoms with Gasteiger partial charge < -0.3 is 10.2 Å². The van der Waals surface area contributed by atoms with E-state index in [-0.39, 0.29) is 10.4 Å². The van der Waals surface area contributed by atoms with Crippen LogP contribution in [0.15, 0.2) is 58.2 Å². The van der Waals surface area contributed by atoms with Crippen molar-refractivity contribution in [2.45, 2.75) is 69.6 Å². The van der Waals surface area contributed by atoms with Gasteiger partial charge in [0.2, 0.25) is 0 Å². The normalized spacial score (nSPS) is 29.9. The second-order valence-electron chi connectivity index (χ2n) is 12.8. The monoisotopic (exact) mass is 560 g/mol. The standard InChI is InChI=1S/C34H45ClN4O/c1-4-8-31(29(22-40)23(2)35)39-32-18-25(9-10-30(32)34(33(39)36-3)13-6-5-7-14-34)24-11-15-38(16-12-24)21-28-26-17-27(28)20-37-19-26/h4,8-10,18,22,24,26-28,37H,2,5-7,11-17,19-21H2,1,3H3/b8-4-,31-29+,36-33?. The SMILES string of the molecule is C=C(Cl)/C(C=O)=C(\C=C/C)N1C(=NC)C2(CCCCC2)c2ccc(C3CCN(CC4C5CNCC4C5)CC3)cc21. The number of nitrogens with zero attached hydrogens (tertiary/aromatic N) is 3. The van der Waals surface area contributed by atoms with Gasteiger partial charge in [0.25, 0.3) is 0 Å². The number of anilines is 1. The van der Waals surface area contributed by atoms with Crippen LogP contribution in [0.1, 0.15) is 75.3 Å². The van der Waals surface area contributed by atoms with Crippen LogP contribution in [0.5, 0.6) is 0 Å². The van der Waals surface area contributed by atoms with Gasteiger partial charge in [-0.05, 0) is 112 Å². The average Bonchev–Trinajstić information content (AvgIpc) is 3.24. The molecule has 6 rings (SSSR count). The number of halogens is 1. The zero-order valence-corrected chi connectivity index (χ0v) is 25.1. The molecule has 2 aliphatic carbocycles. The van der Waals surface area contributed by atoms with Gasteiger partial charge in [0.1, 0.15) is 5.84 Å². The summed E-state index contributed by atoms with van der Waals surface area (Å²) in [5.41, 5.74) is 5.01. The Morgan fingerprint density at radius 1 is 1.18 bits per heavy atom. The summed E-state index contributed by atoms with van der Waals surface area (Å²) in [5.74, 6) is 4.31. The molecule has 40 heavy (non-hydrogen) atoms. The fraction of sp³-hybridized carbons (Fsp3) is 0.588. The molecule has 5 aliphatic rings. The van der Waals surface area contributed by atoms with E-state index in [1.54, 1.807) is 0 Å². The molecule has 5 nitrogen and oxygen atoms in total. The topological polar surface area (TPSA) is 47.9 Å². The van der Waals surface area contributed by atoms with Gasteiger partial charge >= 0.3 is 0 Å². The lowest BCUT2D eigenvalue weighted by atomic mass is 9.62. The van der Waals surface area contributed by atoms with Gasteiger partial charge in [-0.2, -0.15) is 0 Å². The number of benzene rings is 1. The molecular formula is C34H45ClN4O. The van der Waals surface area contributed by atoms with Crippen LogP contribution in [-0.4, -0.2) is 56.8 Å². The highest BCUT2D eigenvalue weighted by atomic mass is 35.5. The van der Waals surface area contributed by atoms with Gasteiger partial charge in [-0.3, -0.25) is 14.7 Å². The van der Waals surface area contributed by atoms with Gasteiger partial charge in [-0.15, -0.1) is 0 Å². The third kappa shape index (κ3) is 4.72. The highest BCUT2D eigenvalue weighted by Crippen LogP contribution is 2.53. The van der Waals surface area contributed by atoms with Crippen LogP contribution < -0.4 is 10.2 Å². The van der Waals surface area contributed by atoms with E-state index in [4.69, 9.17) is 16.6 Å². The Morgan fingerprint density at radius 3 is 2.50 bits per heavy atom. The second kappa shape index (κ2) is 11.6. The molecule has 214 valence electrons. The molecule has 1 N–H and O–H groups in total. The third-order valence-electron chi connectivity index (χ3n) is 10.7. The van der Waals surface area contributed by atoms with Crippen LogP contribution in [0, 0.1) is 17.8 Å². The highest BCUT2D eigenvalue weighted by molar-refractivity contribution is 6.34. The van der Waals surface area contributed by atoms with E-state index >= 15 is 0 Å². The van der Waals surface area contributed by atoms with Crippen molar-refractivity contribution in [3.05, 3.63) is 64.4 Å². The minimum atomic E-state index is -0.117. The van der Waals surface area contributed by atoms with Crippen LogP contribution in [0.3, 0.4) is 0 Å². The van der Waals surface area contributed by atoms with E-state index in [1.807, 2.05) is 26.1 Å². The first-order chi connectivity index (χ1) is 19.5. The number of hydrogen-bond acceptors (Lipinski definition) is 4. The van der Waals surface area contributed by atoms with Gasteiger partial charge in [-0.1, -0.05) is 55.7 Å². The Morgan fingerprint density at radius 2 is 1.90 bits per heavy atom. The number of nitrogens with one attached hydrogen (secondary N) is 1. The number of amidine groups is 1. The summed E-state index contributed by atoms with van der Waals surface area (Å²) in [7, 11) is 1.90. The smallest absolute Gasteiger partial charge is 0.153 e. The molecule has 4 fully saturated rings. The quantitative estimate of drug-likeness (QED) is 0.233. The lowest BCUT2D eigenvalue weighted by molar-refractivity contribution is -0.104. The number of aliphatic imine (C=N–C) groups is 1. The molecular weight excluding hydrogens is 516 g/mol. The van der Waals surface area contributed by atoms with Crippen molar-refractivity contribution in [2.75, 3.05) is 44.7 Å². The number of carbonyl (C=O) groups is 1. The first kappa shape index (κ1) is 27.9. The van der Waals surface area contributed by atoms with E-state index < -0.39 is 0 Å². The fourth-order valence-electron chi connectivity index (χ4n) is 8.65. The number of aldehydes is 1. The zero-order chi connectivity index (χ0) is 27.9. The molecule has 1 aromatic carbocycles. The molecule has 1 spiro atoms. The molecule has 2 atom stereocenters. The molecule has 3 heterocycles. The highest BCUT2D eigenvalue weighted by Gasteiger charge is 2.50. The summed E-state index contributed by atoms with van der Waals surface area (Å²) in [4.78, 5) is 22.2. The fourth-order valence-corrected chi connectivity index (χ4v) is 8.79. The number of hydrogen-bond donors (Lipinski definition) is 1. The summed E-state index contributed by atoms with van der Waals surface area (Å²) in [6.07, 6.45) is 14.5. The number of piperidine rings is 3. The van der Waals surface area contributed by atoms with E-state index in [2.05, 4.69) is 39.9 Å². The number of fused-ring (bicyclic) bond motifs is 4. The summed E-state index contributed by atoms with van der Waals surface area (Å²) < 4.78 is 0. The maximum Gasteiger partial charge on any atom is 0.153 e. The Hall–Kier alpha value is -2.21. The van der Waals surface area contributed by atoms with E-state index in [1.165, 1.54) is 88.1 Å². The summed E-state index contributed by atoms with van der Waals surface area (Å²) in [5, 5.41) is 3.86. The first-order valence-electron chi connectivity index (χ1n) is 15.5. The molecule has 2 saturated heterocycles. The van der Waals surface area contributed by atoms with Crippen LogP contribution in [0.25, 0.3) is 0 Å². The maximum absolute atomic E-state index is 12.3. The van der Waals surface area contributed by atoms with Crippen LogP contribution in [0.2, 0.25) is 0 Å². The summed E-state index contributed by atoms with van der Waals surface area (Å²) >= 11 is 6.40. The van der Waals surface area contributed by atoms with Crippen molar-refractivity contribution in [2.24, 2.45) is 22.7 Å². The molecule has 6 heteroatoms. The van der Waals surface area contributed by atoms with Crippen LogP contribution in [-0.2, 0) is 10.2 Å². The van der Waals surface area contributed by atoms with Crippen molar-refractivity contribution < 1.29 is 4.79 Å². The molecule has 3 aliphatic heterocycles. The first-order valence-corrected chi connectivity index (χ1v) is 15.9. The van der Waals surface area contributed by atoms with Crippen molar-refractivity contribution in [1.29, 1.82) is 0 Å². The van der Waals surface area contributed by atoms with Crippen LogP contribution >= 0.6 is 11.6 Å². The maximum atomic E-state index is 12.3. The van der Waals surface area contributed by atoms with Crippen molar-refractivity contribution >= 4 is 29.4 Å². The third-order valence-corrected chi connectivity index (χ3v) is 10.9. The van der Waals surface area contributed by atoms with Gasteiger partial charge in [0, 0.05) is 18.6 Å². The zero-order valence-electron chi connectivity index (χ0n) is 24.3. The minimum absolute atomic E-state index is 0.117. The van der Waals surface area contributed by atoms with Crippen molar-refractivity contribution in [3.63, 3.8) is 0 Å². The Balaban J connectivity index is 1.31. The lowest BCUT2D eigenvalue weighted by Gasteiger charge is -2.52. The van der Waals surface area contributed by atoms with E-state index in [0.29, 0.717) is 11.5 Å². The molecule has 2 saturated carbocycles. The summed E-state index contributed by atoms with van der Waals surface area (Å²) in [6.45, 7) is 12.0. The Bertz CT molecular complexity index is 1220. The Kier molecular flexibility index (Phi) is 8.09. The minimum Gasteiger partial charge on any atom is -0.316 e. The Labute approximate surface area is 245 Å². The molecule has 0 amide bonds. The van der Waals surface area contributed by atoms with Gasteiger partial charge in [0.15, 0.2) is 6.29 Å². The molecule has 1 aromatic rings. The van der Waals surface area contributed by atoms with Crippen molar-refractivity contribution in [1.82, 2.24) is 10.2 Å². The van der Waals surface area contributed by atoms with E-state index in [9.17, 15) is 4.79 Å². The van der Waals surface area contributed by atoms with E-state index in [0.717, 1.165) is 48.4 Å². The molecule has 0 aromatic heterocycles. The molecule has 0 radical (unpaired) electrons. The van der Waals surface area contributed by atoms with Crippen LogP contribution in [0.4, 0.5) is 5.69 Å². The number of allylic oxidation sites excluding steroid dienone is 4. The predicted octanol–water partition coefficient (Wildman–Crippen LogP) is 6.55. The largest absolute Gasteiger partial charge is 0.316 e. The number of rotatable bonds is 7. The van der Waals surface area contributed by atoms with Gasteiger partial charge in [-0.25, -0.2) is 0 Å². The average molecular weight is 561 g/mol. The second-order valence-corrected chi connectivity index (χ2v) is 13.2. The summed E-state index contributed by atoms with van der Waals surface area (Å²) in [6, 6.07) is 7.20. The predicted molar refractivity (Wildman–Crippen MR) is 166 cm³/mol. The molecule has 2 bridgehead atoms. The molecule has 2 unspecified atom stereocenters. The number of carbonyl (C=O) groups excluding carboxylic acids is 1. The lowest BCUT2D eigenvalue weighted by Crippen LogP contribution is -2.57. The van der Waals surface area contributed by atoms with Gasteiger partial charge in [0.05, 0.1) is 22.4 Å².